The van der Waals surface area contributed by atoms with E-state index in [1.807, 2.05) is 36.9 Å². The van der Waals surface area contributed by atoms with Gasteiger partial charge in [-0.25, -0.2) is 0 Å². The van der Waals surface area contributed by atoms with Gasteiger partial charge in [-0.15, -0.1) is 11.8 Å². The van der Waals surface area contributed by atoms with Crippen molar-refractivity contribution in [3.8, 4) is 0 Å². The van der Waals surface area contributed by atoms with Crippen molar-refractivity contribution in [2.24, 2.45) is 10.9 Å². The molecule has 0 aromatic heterocycles. The van der Waals surface area contributed by atoms with Crippen LogP contribution < -0.4 is 10.6 Å². The van der Waals surface area contributed by atoms with E-state index in [1.54, 1.807) is 0 Å². The van der Waals surface area contributed by atoms with Crippen LogP contribution in [0.3, 0.4) is 0 Å². The minimum Gasteiger partial charge on any atom is -0.389 e. The van der Waals surface area contributed by atoms with Crippen LogP contribution in [0.4, 0.5) is 0 Å². The number of hydrogen-bond acceptors (Lipinski definition) is 4. The van der Waals surface area contributed by atoms with E-state index >= 15 is 0 Å². The lowest BCUT2D eigenvalue weighted by Gasteiger charge is -2.13. The van der Waals surface area contributed by atoms with Crippen molar-refractivity contribution in [2.45, 2.75) is 30.8 Å². The topological polar surface area (TPSA) is 65.9 Å². The Morgan fingerprint density at radius 3 is 2.83 bits per heavy atom. The molecule has 2 rings (SSSR count). The standard InChI is InChI=1S/C18H29N3O2S/c1-2-19-18(20-10-11-24-17-6-4-3-5-7-17)21-12-16(22)14-23-13-15-8-9-15/h3-7,15-16,22H,2,8-14H2,1H3,(H2,19,20,21). The first-order chi connectivity index (χ1) is 11.8. The zero-order chi connectivity index (χ0) is 17.0. The summed E-state index contributed by atoms with van der Waals surface area (Å²) in [6.07, 6.45) is 1.99. The molecule has 0 bridgehead atoms. The van der Waals surface area contributed by atoms with Crippen molar-refractivity contribution in [1.29, 1.82) is 0 Å². The summed E-state index contributed by atoms with van der Waals surface area (Å²) in [5, 5.41) is 16.4. The molecule has 1 saturated carbocycles. The van der Waals surface area contributed by atoms with Crippen LogP contribution >= 0.6 is 11.8 Å². The van der Waals surface area contributed by atoms with Gasteiger partial charge in [0.1, 0.15) is 0 Å². The summed E-state index contributed by atoms with van der Waals surface area (Å²) in [7, 11) is 0. The van der Waals surface area contributed by atoms with Gasteiger partial charge in [0.15, 0.2) is 5.96 Å². The van der Waals surface area contributed by atoms with Crippen LogP contribution in [0.2, 0.25) is 0 Å². The van der Waals surface area contributed by atoms with Crippen LogP contribution in [0.25, 0.3) is 0 Å². The third-order valence-corrected chi connectivity index (χ3v) is 4.59. The Balaban J connectivity index is 1.61. The second-order valence-corrected chi connectivity index (χ2v) is 7.11. The van der Waals surface area contributed by atoms with Gasteiger partial charge < -0.3 is 20.5 Å². The summed E-state index contributed by atoms with van der Waals surface area (Å²) in [4.78, 5) is 5.69. The predicted octanol–water partition coefficient (Wildman–Crippen LogP) is 2.12. The number of nitrogens with one attached hydrogen (secondary N) is 2. The molecule has 0 saturated heterocycles. The first-order valence-corrected chi connectivity index (χ1v) is 9.72. The van der Waals surface area contributed by atoms with Gasteiger partial charge in [-0.3, -0.25) is 4.99 Å². The fourth-order valence-electron chi connectivity index (χ4n) is 2.10. The Labute approximate surface area is 149 Å². The largest absolute Gasteiger partial charge is 0.389 e. The molecular formula is C18H29N3O2S. The van der Waals surface area contributed by atoms with Gasteiger partial charge >= 0.3 is 0 Å². The van der Waals surface area contributed by atoms with Gasteiger partial charge in [0.05, 0.1) is 19.3 Å². The van der Waals surface area contributed by atoms with Gasteiger partial charge in [-0.2, -0.15) is 0 Å². The van der Waals surface area contributed by atoms with Crippen LogP contribution in [0, 0.1) is 5.92 Å². The van der Waals surface area contributed by atoms with Crippen molar-refractivity contribution in [3.63, 3.8) is 0 Å². The van der Waals surface area contributed by atoms with Gasteiger partial charge in [0.2, 0.25) is 0 Å². The SMILES string of the molecule is CCNC(=NCC(O)COCC1CC1)NCCSc1ccccc1. The highest BCUT2D eigenvalue weighted by atomic mass is 32.2. The van der Waals surface area contributed by atoms with Crippen molar-refractivity contribution in [3.05, 3.63) is 30.3 Å². The van der Waals surface area contributed by atoms with E-state index in [-0.39, 0.29) is 0 Å². The molecule has 134 valence electrons. The molecule has 5 nitrogen and oxygen atoms in total. The molecule has 1 unspecified atom stereocenters. The van der Waals surface area contributed by atoms with Crippen molar-refractivity contribution in [1.82, 2.24) is 10.6 Å². The average molecular weight is 352 g/mol. The molecule has 6 heteroatoms. The highest BCUT2D eigenvalue weighted by Gasteiger charge is 2.21. The molecule has 1 atom stereocenters. The van der Waals surface area contributed by atoms with Gasteiger partial charge in [-0.05, 0) is 37.8 Å². The molecule has 1 aromatic rings. The molecule has 0 amide bonds. The number of guanidine groups is 1. The molecule has 3 N–H and O–H groups in total. The number of nitrogens with zero attached hydrogens (tertiary/aromatic N) is 1. The number of ether oxygens (including phenoxy) is 1. The Morgan fingerprint density at radius 2 is 2.12 bits per heavy atom. The molecule has 0 heterocycles. The fraction of sp³-hybridized carbons (Fsp3) is 0.611. The van der Waals surface area contributed by atoms with E-state index in [1.165, 1.54) is 17.7 Å². The highest BCUT2D eigenvalue weighted by Crippen LogP contribution is 2.28. The maximum atomic E-state index is 9.93. The number of aliphatic hydroxyl groups is 1. The van der Waals surface area contributed by atoms with Crippen molar-refractivity contribution in [2.75, 3.05) is 38.6 Å². The normalized spacial score (nSPS) is 16.0. The summed E-state index contributed by atoms with van der Waals surface area (Å²) >= 11 is 1.81. The molecule has 0 aliphatic heterocycles. The van der Waals surface area contributed by atoms with E-state index in [9.17, 15) is 5.11 Å². The lowest BCUT2D eigenvalue weighted by Crippen LogP contribution is -2.39. The van der Waals surface area contributed by atoms with E-state index in [4.69, 9.17) is 4.74 Å². The minimum atomic E-state index is -0.544. The number of aliphatic imine (C=N–C) groups is 1. The summed E-state index contributed by atoms with van der Waals surface area (Å²) in [6, 6.07) is 10.4. The molecule has 1 fully saturated rings. The lowest BCUT2D eigenvalue weighted by molar-refractivity contribution is 0.0368. The first kappa shape index (κ1) is 19.1. The quantitative estimate of drug-likeness (QED) is 0.247. The Kier molecular flexibility index (Phi) is 9.02. The fourth-order valence-corrected chi connectivity index (χ4v) is 2.89. The summed E-state index contributed by atoms with van der Waals surface area (Å²) in [6.45, 7) is 5.14. The molecule has 0 spiro atoms. The van der Waals surface area contributed by atoms with Crippen LogP contribution in [-0.2, 0) is 4.74 Å². The van der Waals surface area contributed by atoms with Crippen LogP contribution in [0.1, 0.15) is 19.8 Å². The Bertz CT molecular complexity index is 480. The summed E-state index contributed by atoms with van der Waals surface area (Å²) in [5.41, 5.74) is 0. The third-order valence-electron chi connectivity index (χ3n) is 3.57. The molecule has 0 radical (unpaired) electrons. The third kappa shape index (κ3) is 8.57. The summed E-state index contributed by atoms with van der Waals surface area (Å²) in [5.74, 6) is 2.43. The number of hydrogen-bond donors (Lipinski definition) is 3. The zero-order valence-electron chi connectivity index (χ0n) is 14.4. The van der Waals surface area contributed by atoms with E-state index in [0.29, 0.717) is 13.2 Å². The zero-order valence-corrected chi connectivity index (χ0v) is 15.2. The van der Waals surface area contributed by atoms with Gasteiger partial charge in [-0.1, -0.05) is 18.2 Å². The van der Waals surface area contributed by atoms with Gasteiger partial charge in [0.25, 0.3) is 0 Å². The lowest BCUT2D eigenvalue weighted by atomic mass is 10.4. The Morgan fingerprint density at radius 1 is 1.33 bits per heavy atom. The maximum absolute atomic E-state index is 9.93. The van der Waals surface area contributed by atoms with Crippen molar-refractivity contribution < 1.29 is 9.84 Å². The first-order valence-electron chi connectivity index (χ1n) is 8.73. The molecule has 1 aromatic carbocycles. The van der Waals surface area contributed by atoms with Crippen LogP contribution in [0.5, 0.6) is 0 Å². The second kappa shape index (κ2) is 11.3. The smallest absolute Gasteiger partial charge is 0.191 e. The van der Waals surface area contributed by atoms with Crippen LogP contribution in [0.15, 0.2) is 40.2 Å². The monoisotopic (exact) mass is 351 g/mol. The molecule has 24 heavy (non-hydrogen) atoms. The number of aliphatic hydroxyl groups excluding tert-OH is 1. The number of benzene rings is 1. The minimum absolute atomic E-state index is 0.353. The number of rotatable bonds is 11. The number of thioether (sulfide) groups is 1. The maximum Gasteiger partial charge on any atom is 0.191 e. The van der Waals surface area contributed by atoms with E-state index in [0.717, 1.165) is 37.3 Å². The van der Waals surface area contributed by atoms with Crippen LogP contribution in [-0.4, -0.2) is 55.8 Å². The molecule has 1 aliphatic carbocycles. The van der Waals surface area contributed by atoms with E-state index in [2.05, 4.69) is 27.8 Å². The molecule has 1 aliphatic rings. The second-order valence-electron chi connectivity index (χ2n) is 5.94. The summed E-state index contributed by atoms with van der Waals surface area (Å²) < 4.78 is 5.50. The van der Waals surface area contributed by atoms with Crippen molar-refractivity contribution >= 4 is 17.7 Å². The van der Waals surface area contributed by atoms with E-state index < -0.39 is 6.10 Å². The molecular weight excluding hydrogens is 322 g/mol. The van der Waals surface area contributed by atoms with Gasteiger partial charge in [0, 0.05) is 30.3 Å². The Hall–Kier alpha value is -1.24. The average Bonchev–Trinajstić information content (AvgIpc) is 3.41. The predicted molar refractivity (Wildman–Crippen MR) is 101 cm³/mol. The highest BCUT2D eigenvalue weighted by molar-refractivity contribution is 7.99.